The zero-order valence-electron chi connectivity index (χ0n) is 11.8. The molecular weight excluding hydrogens is 342 g/mol. The number of rotatable bonds is 9. The molecule has 1 aromatic rings. The number of thioether (sulfide) groups is 1. The average molecular weight is 364 g/mol. The second-order valence-electron chi connectivity index (χ2n) is 4.98. The van der Waals surface area contributed by atoms with E-state index in [1.165, 1.54) is 0 Å². The Hall–Kier alpha value is -0.270. The van der Waals surface area contributed by atoms with E-state index in [2.05, 4.69) is 21.2 Å². The Morgan fingerprint density at radius 2 is 2.25 bits per heavy atom. The van der Waals surface area contributed by atoms with Crippen molar-refractivity contribution < 1.29 is 14.9 Å². The molecule has 20 heavy (non-hydrogen) atoms. The molecule has 0 heterocycles. The maximum atomic E-state index is 9.96. The molecule has 0 aliphatic carbocycles. The molecule has 114 valence electrons. The van der Waals surface area contributed by atoms with Gasteiger partial charge in [-0.3, -0.25) is 0 Å². The predicted octanol–water partition coefficient (Wildman–Crippen LogP) is 1.89. The number of ether oxygens (including phenoxy) is 1. The topological polar surface area (TPSA) is 61.7 Å². The van der Waals surface area contributed by atoms with Gasteiger partial charge >= 0.3 is 0 Å². The minimum atomic E-state index is -0.760. The summed E-state index contributed by atoms with van der Waals surface area (Å²) in [5.41, 5.74) is -0.760. The van der Waals surface area contributed by atoms with Crippen molar-refractivity contribution in [3.63, 3.8) is 0 Å². The smallest absolute Gasteiger partial charge is 0.120 e. The highest BCUT2D eigenvalue weighted by Crippen LogP contribution is 2.17. The van der Waals surface area contributed by atoms with E-state index in [4.69, 9.17) is 4.74 Å². The molecule has 2 unspecified atom stereocenters. The first-order valence-corrected chi connectivity index (χ1v) is 8.60. The zero-order valence-corrected chi connectivity index (χ0v) is 14.2. The zero-order chi connectivity index (χ0) is 15.0. The second kappa shape index (κ2) is 8.89. The van der Waals surface area contributed by atoms with Gasteiger partial charge in [0.1, 0.15) is 18.5 Å². The Bertz CT molecular complexity index is 404. The van der Waals surface area contributed by atoms with Crippen molar-refractivity contribution in [2.45, 2.75) is 18.6 Å². The molecule has 0 spiro atoms. The number of hydrogen-bond donors (Lipinski definition) is 3. The molecule has 0 aliphatic heterocycles. The fourth-order valence-corrected chi connectivity index (χ4v) is 2.78. The fraction of sp³-hybridized carbons (Fsp3) is 0.571. The summed E-state index contributed by atoms with van der Waals surface area (Å²) in [6.07, 6.45) is 1.34. The molecule has 0 bridgehead atoms. The van der Waals surface area contributed by atoms with Crippen LogP contribution in [0.25, 0.3) is 0 Å². The Morgan fingerprint density at radius 3 is 2.90 bits per heavy atom. The highest BCUT2D eigenvalue weighted by molar-refractivity contribution is 9.10. The highest BCUT2D eigenvalue weighted by atomic mass is 79.9. The first-order chi connectivity index (χ1) is 9.43. The third-order valence-electron chi connectivity index (χ3n) is 2.58. The number of halogens is 1. The van der Waals surface area contributed by atoms with E-state index >= 15 is 0 Å². The van der Waals surface area contributed by atoms with E-state index in [1.807, 2.05) is 30.5 Å². The van der Waals surface area contributed by atoms with Crippen LogP contribution in [0.2, 0.25) is 0 Å². The van der Waals surface area contributed by atoms with Crippen molar-refractivity contribution >= 4 is 27.7 Å². The van der Waals surface area contributed by atoms with Crippen LogP contribution in [0.4, 0.5) is 0 Å². The molecule has 6 heteroatoms. The predicted molar refractivity (Wildman–Crippen MR) is 87.5 cm³/mol. The Morgan fingerprint density at radius 1 is 1.50 bits per heavy atom. The molecule has 0 saturated carbocycles. The number of aliphatic hydroxyl groups is 2. The lowest BCUT2D eigenvalue weighted by Gasteiger charge is -2.23. The number of benzene rings is 1. The van der Waals surface area contributed by atoms with Gasteiger partial charge in [-0.1, -0.05) is 22.0 Å². The Labute approximate surface area is 133 Å². The molecule has 1 aromatic carbocycles. The molecule has 0 radical (unpaired) electrons. The van der Waals surface area contributed by atoms with Gasteiger partial charge in [0.05, 0.1) is 5.60 Å². The van der Waals surface area contributed by atoms with Gasteiger partial charge < -0.3 is 20.3 Å². The second-order valence-corrected chi connectivity index (χ2v) is 6.76. The van der Waals surface area contributed by atoms with Gasteiger partial charge in [-0.05, 0) is 31.4 Å². The van der Waals surface area contributed by atoms with Gasteiger partial charge in [0, 0.05) is 23.3 Å². The van der Waals surface area contributed by atoms with Crippen LogP contribution in [-0.2, 0) is 0 Å². The van der Waals surface area contributed by atoms with Crippen LogP contribution in [0.3, 0.4) is 0 Å². The number of nitrogens with one attached hydrogen (secondary N) is 1. The summed E-state index contributed by atoms with van der Waals surface area (Å²) in [6.45, 7) is 2.83. The first kappa shape index (κ1) is 17.8. The standard InChI is InChI=1S/C14H22BrNO3S/c1-14(18,10-20-2)9-16-7-12(17)8-19-13-5-3-4-11(15)6-13/h3-6,12,16-18H,7-10H2,1-2H3. The summed E-state index contributed by atoms with van der Waals surface area (Å²) < 4.78 is 6.43. The monoisotopic (exact) mass is 363 g/mol. The van der Waals surface area contributed by atoms with Gasteiger partial charge in [0.25, 0.3) is 0 Å². The van der Waals surface area contributed by atoms with Gasteiger partial charge in [0.15, 0.2) is 0 Å². The van der Waals surface area contributed by atoms with Gasteiger partial charge in [-0.25, -0.2) is 0 Å². The quantitative estimate of drug-likeness (QED) is 0.625. The van der Waals surface area contributed by atoms with E-state index in [9.17, 15) is 10.2 Å². The summed E-state index contributed by atoms with van der Waals surface area (Å²) in [5, 5.41) is 22.8. The summed E-state index contributed by atoms with van der Waals surface area (Å²) in [5.74, 6) is 1.37. The van der Waals surface area contributed by atoms with E-state index in [0.29, 0.717) is 24.6 Å². The molecule has 3 N–H and O–H groups in total. The van der Waals surface area contributed by atoms with Gasteiger partial charge in [0.2, 0.25) is 0 Å². The lowest BCUT2D eigenvalue weighted by molar-refractivity contribution is 0.0701. The largest absolute Gasteiger partial charge is 0.491 e. The van der Waals surface area contributed by atoms with Crippen molar-refractivity contribution in [3.8, 4) is 5.75 Å². The summed E-state index contributed by atoms with van der Waals surface area (Å²) in [4.78, 5) is 0. The molecule has 2 atom stereocenters. The van der Waals surface area contributed by atoms with Crippen molar-refractivity contribution in [1.29, 1.82) is 0 Å². The third kappa shape index (κ3) is 7.50. The van der Waals surface area contributed by atoms with E-state index in [1.54, 1.807) is 18.7 Å². The fourth-order valence-electron chi connectivity index (χ4n) is 1.68. The van der Waals surface area contributed by atoms with Gasteiger partial charge in [-0.15, -0.1) is 0 Å². The van der Waals surface area contributed by atoms with Crippen LogP contribution in [0.1, 0.15) is 6.92 Å². The highest BCUT2D eigenvalue weighted by Gasteiger charge is 2.19. The lowest BCUT2D eigenvalue weighted by Crippen LogP contribution is -2.43. The summed E-state index contributed by atoms with van der Waals surface area (Å²) in [6, 6.07) is 7.49. The number of aliphatic hydroxyl groups excluding tert-OH is 1. The van der Waals surface area contributed by atoms with Crippen molar-refractivity contribution in [2.75, 3.05) is 31.7 Å². The van der Waals surface area contributed by atoms with Crippen LogP contribution < -0.4 is 10.1 Å². The molecule has 0 aromatic heterocycles. The SMILES string of the molecule is CSCC(C)(O)CNCC(O)COc1cccc(Br)c1. The van der Waals surface area contributed by atoms with Crippen LogP contribution >= 0.6 is 27.7 Å². The van der Waals surface area contributed by atoms with E-state index in [-0.39, 0.29) is 6.61 Å². The summed E-state index contributed by atoms with van der Waals surface area (Å²) >= 11 is 4.96. The Balaban J connectivity index is 2.22. The molecule has 4 nitrogen and oxygen atoms in total. The van der Waals surface area contributed by atoms with Crippen LogP contribution in [0.5, 0.6) is 5.75 Å². The third-order valence-corrected chi connectivity index (χ3v) is 3.98. The minimum Gasteiger partial charge on any atom is -0.491 e. The van der Waals surface area contributed by atoms with E-state index in [0.717, 1.165) is 4.47 Å². The van der Waals surface area contributed by atoms with Crippen molar-refractivity contribution in [1.82, 2.24) is 5.32 Å². The van der Waals surface area contributed by atoms with Crippen molar-refractivity contribution in [3.05, 3.63) is 28.7 Å². The van der Waals surface area contributed by atoms with Crippen LogP contribution in [0.15, 0.2) is 28.7 Å². The first-order valence-electron chi connectivity index (χ1n) is 6.41. The molecule has 0 aliphatic rings. The average Bonchev–Trinajstić information content (AvgIpc) is 2.36. The minimum absolute atomic E-state index is 0.216. The van der Waals surface area contributed by atoms with Crippen LogP contribution in [-0.4, -0.2) is 53.6 Å². The molecule has 0 saturated heterocycles. The molecular formula is C14H22BrNO3S. The number of hydrogen-bond acceptors (Lipinski definition) is 5. The van der Waals surface area contributed by atoms with E-state index < -0.39 is 11.7 Å². The van der Waals surface area contributed by atoms with Crippen LogP contribution in [0, 0.1) is 0 Å². The maximum absolute atomic E-state index is 9.96. The molecule has 0 fully saturated rings. The lowest BCUT2D eigenvalue weighted by atomic mass is 10.1. The molecule has 1 rings (SSSR count). The van der Waals surface area contributed by atoms with Crippen molar-refractivity contribution in [2.24, 2.45) is 0 Å². The normalized spacial score (nSPS) is 15.7. The summed E-state index contributed by atoms with van der Waals surface area (Å²) in [7, 11) is 0. The van der Waals surface area contributed by atoms with Gasteiger partial charge in [-0.2, -0.15) is 11.8 Å². The molecule has 0 amide bonds. The maximum Gasteiger partial charge on any atom is 0.120 e. The Kier molecular flexibility index (Phi) is 7.91.